The van der Waals surface area contributed by atoms with Crippen LogP contribution in [0.2, 0.25) is 0 Å². The second kappa shape index (κ2) is 7.30. The maximum Gasteiger partial charge on any atom is 0.336 e. The van der Waals surface area contributed by atoms with Gasteiger partial charge in [0.05, 0.1) is 18.1 Å². The Balaban J connectivity index is 2.56. The molecule has 0 unspecified atom stereocenters. The second-order valence-corrected chi connectivity index (χ2v) is 7.54. The van der Waals surface area contributed by atoms with Crippen molar-refractivity contribution in [3.05, 3.63) is 50.9 Å². The highest BCUT2D eigenvalue weighted by Gasteiger charge is 2.33. The Morgan fingerprint density at radius 3 is 2.64 bits per heavy atom. The van der Waals surface area contributed by atoms with Gasteiger partial charge in [-0.05, 0) is 57.4 Å². The van der Waals surface area contributed by atoms with E-state index in [1.165, 1.54) is 13.2 Å². The minimum absolute atomic E-state index is 0.226. The number of carbonyl (C=O) groups excluding carboxylic acids is 1. The van der Waals surface area contributed by atoms with Crippen LogP contribution in [0.1, 0.15) is 62.5 Å². The van der Waals surface area contributed by atoms with Gasteiger partial charge in [0.1, 0.15) is 22.7 Å². The molecule has 0 fully saturated rings. The molecule has 28 heavy (non-hydrogen) atoms. The minimum atomic E-state index is -0.532. The number of ketones is 1. The Bertz CT molecular complexity index is 1070. The van der Waals surface area contributed by atoms with E-state index in [0.717, 1.165) is 12.0 Å². The lowest BCUT2D eigenvalue weighted by molar-refractivity contribution is 0.103. The van der Waals surface area contributed by atoms with E-state index >= 15 is 0 Å². The lowest BCUT2D eigenvalue weighted by atomic mass is 9.91. The summed E-state index contributed by atoms with van der Waals surface area (Å²) in [6.07, 6.45) is 7.09. The van der Waals surface area contributed by atoms with E-state index in [9.17, 15) is 9.59 Å². The van der Waals surface area contributed by atoms with Gasteiger partial charge < -0.3 is 13.9 Å². The molecule has 1 aliphatic rings. The van der Waals surface area contributed by atoms with Crippen molar-refractivity contribution in [1.29, 1.82) is 0 Å². The normalized spacial score (nSPS) is 15.3. The molecule has 0 amide bonds. The molecule has 2 heterocycles. The summed E-state index contributed by atoms with van der Waals surface area (Å²) in [4.78, 5) is 25.5. The maximum absolute atomic E-state index is 13.2. The molecule has 148 valence electrons. The molecule has 2 aromatic rings. The molecule has 5 nitrogen and oxygen atoms in total. The predicted octanol–water partition coefficient (Wildman–Crippen LogP) is 5.09. The number of hydrogen-bond donors (Lipinski definition) is 0. The zero-order chi connectivity index (χ0) is 20.6. The highest BCUT2D eigenvalue weighted by molar-refractivity contribution is 6.19. The summed E-state index contributed by atoms with van der Waals surface area (Å²) in [5.41, 5.74) is 1.51. The van der Waals surface area contributed by atoms with E-state index in [0.29, 0.717) is 34.4 Å². The van der Waals surface area contributed by atoms with Gasteiger partial charge in [-0.15, -0.1) is 0 Å². The molecule has 1 aromatic carbocycles. The van der Waals surface area contributed by atoms with Gasteiger partial charge in [0.2, 0.25) is 0 Å². The van der Waals surface area contributed by atoms with Crippen LogP contribution >= 0.6 is 0 Å². The number of benzene rings is 1. The van der Waals surface area contributed by atoms with Gasteiger partial charge in [-0.1, -0.05) is 19.4 Å². The molecule has 0 bridgehead atoms. The zero-order valence-electron chi connectivity index (χ0n) is 17.3. The second-order valence-electron chi connectivity index (χ2n) is 7.54. The van der Waals surface area contributed by atoms with Gasteiger partial charge in [-0.25, -0.2) is 4.79 Å². The van der Waals surface area contributed by atoms with Crippen molar-refractivity contribution in [1.82, 2.24) is 0 Å². The van der Waals surface area contributed by atoms with Gasteiger partial charge in [0, 0.05) is 6.07 Å². The summed E-state index contributed by atoms with van der Waals surface area (Å²) >= 11 is 0. The number of hydrogen-bond acceptors (Lipinski definition) is 5. The third-order valence-electron chi connectivity index (χ3n) is 4.97. The van der Waals surface area contributed by atoms with E-state index < -0.39 is 11.2 Å². The van der Waals surface area contributed by atoms with Crippen molar-refractivity contribution >= 4 is 22.8 Å². The van der Waals surface area contributed by atoms with Crippen LogP contribution in [-0.2, 0) is 6.42 Å². The highest BCUT2D eigenvalue weighted by Crippen LogP contribution is 2.47. The van der Waals surface area contributed by atoms with Gasteiger partial charge in [-0.2, -0.15) is 0 Å². The number of carbonyl (C=O) groups is 1. The number of rotatable bonds is 5. The van der Waals surface area contributed by atoms with E-state index in [-0.39, 0.29) is 16.9 Å². The van der Waals surface area contributed by atoms with Crippen LogP contribution in [0.25, 0.3) is 17.0 Å². The van der Waals surface area contributed by atoms with Crippen molar-refractivity contribution < 1.29 is 18.7 Å². The first-order valence-corrected chi connectivity index (χ1v) is 9.50. The van der Waals surface area contributed by atoms with E-state index in [1.54, 1.807) is 19.9 Å². The highest BCUT2D eigenvalue weighted by atomic mass is 16.5. The summed E-state index contributed by atoms with van der Waals surface area (Å²) in [6.45, 7) is 9.47. The number of methoxy groups -OCH3 is 1. The lowest BCUT2D eigenvalue weighted by Gasteiger charge is -2.30. The number of aryl methyl sites for hydroxylation is 1. The molecule has 0 radical (unpaired) electrons. The minimum Gasteiger partial charge on any atom is -0.495 e. The monoisotopic (exact) mass is 382 g/mol. The molecular weight excluding hydrogens is 356 g/mol. The topological polar surface area (TPSA) is 65.7 Å². The van der Waals surface area contributed by atoms with Crippen molar-refractivity contribution in [3.8, 4) is 11.5 Å². The molecule has 1 aromatic heterocycles. The first kappa shape index (κ1) is 19.9. The van der Waals surface area contributed by atoms with Gasteiger partial charge in [-0.3, -0.25) is 4.79 Å². The molecule has 3 rings (SSSR count). The molecule has 0 aliphatic carbocycles. The first-order valence-electron chi connectivity index (χ1n) is 9.50. The molecule has 5 heteroatoms. The van der Waals surface area contributed by atoms with E-state index in [1.807, 2.05) is 32.9 Å². The number of Topliss-reactive ketones (excluding diaryl/α,β-unsaturated/α-hetero) is 1. The fourth-order valence-electron chi connectivity index (χ4n) is 3.49. The average Bonchev–Trinajstić information content (AvgIpc) is 2.64. The summed E-state index contributed by atoms with van der Waals surface area (Å²) in [6, 6.07) is 1.49. The lowest BCUT2D eigenvalue weighted by Crippen LogP contribution is -2.28. The van der Waals surface area contributed by atoms with Crippen LogP contribution in [-0.4, -0.2) is 18.5 Å². The molecule has 0 spiro atoms. The van der Waals surface area contributed by atoms with Crippen molar-refractivity contribution in [2.45, 2.75) is 53.1 Å². The first-order chi connectivity index (χ1) is 13.2. The Labute approximate surface area is 164 Å². The summed E-state index contributed by atoms with van der Waals surface area (Å²) in [7, 11) is 1.50. The number of fused-ring (bicyclic) bond motifs is 3. The molecule has 0 atom stereocenters. The smallest absolute Gasteiger partial charge is 0.336 e. The fourth-order valence-corrected chi connectivity index (χ4v) is 3.49. The molecule has 0 saturated carbocycles. The molecular formula is C23H26O5. The Morgan fingerprint density at radius 2 is 2.04 bits per heavy atom. The van der Waals surface area contributed by atoms with Crippen LogP contribution in [0.15, 0.2) is 33.0 Å². The van der Waals surface area contributed by atoms with Gasteiger partial charge >= 0.3 is 5.63 Å². The fraction of sp³-hybridized carbons (Fsp3) is 0.391. The zero-order valence-corrected chi connectivity index (χ0v) is 17.3. The van der Waals surface area contributed by atoms with E-state index in [4.69, 9.17) is 13.9 Å². The van der Waals surface area contributed by atoms with Gasteiger partial charge in [0.15, 0.2) is 11.4 Å². The average molecular weight is 382 g/mol. The van der Waals surface area contributed by atoms with Crippen LogP contribution in [0.4, 0.5) is 0 Å². The third-order valence-corrected chi connectivity index (χ3v) is 4.97. The quantitative estimate of drug-likeness (QED) is 0.409. The number of ether oxygens (including phenoxy) is 2. The predicted molar refractivity (Wildman–Crippen MR) is 111 cm³/mol. The Kier molecular flexibility index (Phi) is 5.20. The van der Waals surface area contributed by atoms with Crippen LogP contribution in [0, 0.1) is 0 Å². The standard InChI is InChI=1S/C23H26O5/c1-7-9-14-12-16(24)27-22-17(14)21-15(10-11-23(4,5)28-21)20(26-6)18(22)19(25)13(3)8-2/h8,10-12H,7,9H2,1-6H3/b13-8+. The van der Waals surface area contributed by atoms with Crippen molar-refractivity contribution in [2.24, 2.45) is 0 Å². The SMILES string of the molecule is C/C=C(\C)C(=O)c1c(OC)c2c(c3c(CCC)cc(=O)oc13)OC(C)(C)C=C2. The largest absolute Gasteiger partial charge is 0.495 e. The maximum atomic E-state index is 13.2. The van der Waals surface area contributed by atoms with Crippen LogP contribution in [0.3, 0.4) is 0 Å². The summed E-state index contributed by atoms with van der Waals surface area (Å²) < 4.78 is 17.5. The summed E-state index contributed by atoms with van der Waals surface area (Å²) in [5, 5.41) is 0.668. The Morgan fingerprint density at radius 1 is 1.32 bits per heavy atom. The van der Waals surface area contributed by atoms with Gasteiger partial charge in [0.25, 0.3) is 0 Å². The van der Waals surface area contributed by atoms with Crippen LogP contribution in [0.5, 0.6) is 11.5 Å². The third kappa shape index (κ3) is 3.26. The molecule has 0 N–H and O–H groups in total. The van der Waals surface area contributed by atoms with Crippen molar-refractivity contribution in [2.75, 3.05) is 7.11 Å². The van der Waals surface area contributed by atoms with Crippen LogP contribution < -0.4 is 15.1 Å². The Hall–Kier alpha value is -2.82. The van der Waals surface area contributed by atoms with Crippen molar-refractivity contribution in [3.63, 3.8) is 0 Å². The van der Waals surface area contributed by atoms with E-state index in [2.05, 4.69) is 0 Å². The molecule has 1 aliphatic heterocycles. The molecule has 0 saturated heterocycles. The number of allylic oxidation sites excluding steroid dienone is 2. The summed E-state index contributed by atoms with van der Waals surface area (Å²) in [5.74, 6) is 0.709.